The largest absolute Gasteiger partial charge is 0.326 e. The zero-order valence-electron chi connectivity index (χ0n) is 14.7. The Bertz CT molecular complexity index is 682. The summed E-state index contributed by atoms with van der Waals surface area (Å²) in [4.78, 5) is 23.8. The first-order valence-electron chi connectivity index (χ1n) is 8.50. The molecule has 0 atom stereocenters. The second kappa shape index (κ2) is 9.59. The van der Waals surface area contributed by atoms with Gasteiger partial charge in [-0.25, -0.2) is 0 Å². The van der Waals surface area contributed by atoms with Crippen molar-refractivity contribution >= 4 is 23.2 Å². The van der Waals surface area contributed by atoms with Crippen molar-refractivity contribution in [3.8, 4) is 0 Å². The fraction of sp³-hybridized carbons (Fsp3) is 0.300. The van der Waals surface area contributed by atoms with Gasteiger partial charge in [-0.3, -0.25) is 9.59 Å². The molecule has 2 amide bonds. The maximum Gasteiger partial charge on any atom is 0.238 e. The molecule has 2 aromatic rings. The van der Waals surface area contributed by atoms with E-state index in [2.05, 4.69) is 16.0 Å². The molecule has 3 N–H and O–H groups in total. The second-order valence-electron chi connectivity index (χ2n) is 6.19. The smallest absolute Gasteiger partial charge is 0.238 e. The zero-order valence-corrected chi connectivity index (χ0v) is 14.7. The topological polar surface area (TPSA) is 70.2 Å². The molecule has 0 radical (unpaired) electrons. The molecule has 0 aliphatic rings. The third kappa shape index (κ3) is 7.18. The number of nitrogens with one attached hydrogen (secondary N) is 3. The molecule has 0 fully saturated rings. The molecule has 2 rings (SSSR count). The van der Waals surface area contributed by atoms with E-state index < -0.39 is 0 Å². The highest BCUT2D eigenvalue weighted by Gasteiger charge is 2.05. The Labute approximate surface area is 148 Å². The average Bonchev–Trinajstić information content (AvgIpc) is 2.61. The lowest BCUT2D eigenvalue weighted by molar-refractivity contribution is -0.116. The fourth-order valence-corrected chi connectivity index (χ4v) is 2.26. The minimum atomic E-state index is -0.0895. The van der Waals surface area contributed by atoms with Crippen molar-refractivity contribution in [1.29, 1.82) is 0 Å². The average molecular weight is 339 g/mol. The molecular weight excluding hydrogens is 314 g/mol. The molecule has 25 heavy (non-hydrogen) atoms. The highest BCUT2D eigenvalue weighted by molar-refractivity contribution is 5.93. The quantitative estimate of drug-likeness (QED) is 0.692. The zero-order chi connectivity index (χ0) is 18.1. The van der Waals surface area contributed by atoms with Crippen molar-refractivity contribution in [2.75, 3.05) is 17.2 Å². The number of carbonyl (C=O) groups excluding carboxylic acids is 2. The lowest BCUT2D eigenvalue weighted by atomic mass is 10.1. The van der Waals surface area contributed by atoms with Crippen molar-refractivity contribution in [2.45, 2.75) is 32.7 Å². The first kappa shape index (κ1) is 18.7. The SMILES string of the molecule is CC(C)NCC(=O)Nc1ccc(NC(=O)CCc2ccccc2)cc1. The fourth-order valence-electron chi connectivity index (χ4n) is 2.26. The maximum absolute atomic E-state index is 12.0. The lowest BCUT2D eigenvalue weighted by Gasteiger charge is -2.10. The summed E-state index contributed by atoms with van der Waals surface area (Å²) in [7, 11) is 0. The number of amides is 2. The van der Waals surface area contributed by atoms with Crippen LogP contribution in [0.15, 0.2) is 54.6 Å². The van der Waals surface area contributed by atoms with Crippen molar-refractivity contribution in [2.24, 2.45) is 0 Å². The van der Waals surface area contributed by atoms with Crippen LogP contribution in [0.25, 0.3) is 0 Å². The van der Waals surface area contributed by atoms with E-state index in [0.717, 1.165) is 11.3 Å². The first-order chi connectivity index (χ1) is 12.0. The van der Waals surface area contributed by atoms with Crippen LogP contribution in [0.4, 0.5) is 11.4 Å². The van der Waals surface area contributed by atoms with Crippen molar-refractivity contribution in [1.82, 2.24) is 5.32 Å². The summed E-state index contributed by atoms with van der Waals surface area (Å²) < 4.78 is 0. The number of hydrogen-bond acceptors (Lipinski definition) is 3. The van der Waals surface area contributed by atoms with Crippen LogP contribution in [-0.2, 0) is 16.0 Å². The summed E-state index contributed by atoms with van der Waals surface area (Å²) in [6.07, 6.45) is 1.15. The standard InChI is InChI=1S/C20H25N3O2/c1-15(2)21-14-20(25)23-18-11-9-17(10-12-18)22-19(24)13-8-16-6-4-3-5-7-16/h3-7,9-12,15,21H,8,13-14H2,1-2H3,(H,22,24)(H,23,25). The molecule has 0 saturated heterocycles. The van der Waals surface area contributed by atoms with Crippen LogP contribution in [0.1, 0.15) is 25.8 Å². The highest BCUT2D eigenvalue weighted by atomic mass is 16.2. The van der Waals surface area contributed by atoms with E-state index in [4.69, 9.17) is 0 Å². The van der Waals surface area contributed by atoms with Crippen LogP contribution < -0.4 is 16.0 Å². The number of anilines is 2. The molecule has 0 saturated carbocycles. The summed E-state index contributed by atoms with van der Waals surface area (Å²) in [5, 5.41) is 8.74. The Morgan fingerprint density at radius 1 is 0.840 bits per heavy atom. The summed E-state index contributed by atoms with van der Waals surface area (Å²) >= 11 is 0. The van der Waals surface area contributed by atoms with Gasteiger partial charge in [0.1, 0.15) is 0 Å². The van der Waals surface area contributed by atoms with E-state index in [1.165, 1.54) is 0 Å². The molecule has 5 nitrogen and oxygen atoms in total. The molecule has 0 bridgehead atoms. The third-order valence-corrected chi connectivity index (χ3v) is 3.61. The number of hydrogen-bond donors (Lipinski definition) is 3. The van der Waals surface area contributed by atoms with Gasteiger partial charge in [-0.05, 0) is 36.2 Å². The van der Waals surface area contributed by atoms with E-state index in [1.807, 2.05) is 44.2 Å². The molecule has 5 heteroatoms. The molecule has 0 aliphatic heterocycles. The summed E-state index contributed by atoms with van der Waals surface area (Å²) in [5.41, 5.74) is 2.57. The van der Waals surface area contributed by atoms with E-state index in [0.29, 0.717) is 18.5 Å². The van der Waals surface area contributed by atoms with Gasteiger partial charge < -0.3 is 16.0 Å². The van der Waals surface area contributed by atoms with Crippen molar-refractivity contribution in [3.63, 3.8) is 0 Å². The molecule has 0 aromatic heterocycles. The van der Waals surface area contributed by atoms with Gasteiger partial charge in [0.05, 0.1) is 6.54 Å². The normalized spacial score (nSPS) is 10.5. The number of benzene rings is 2. The van der Waals surface area contributed by atoms with Gasteiger partial charge in [-0.2, -0.15) is 0 Å². The second-order valence-corrected chi connectivity index (χ2v) is 6.19. The Kier molecular flexibility index (Phi) is 7.16. The van der Waals surface area contributed by atoms with Crippen LogP contribution in [0.5, 0.6) is 0 Å². The summed E-state index contributed by atoms with van der Waals surface area (Å²) in [5.74, 6) is -0.116. The van der Waals surface area contributed by atoms with Gasteiger partial charge >= 0.3 is 0 Å². The van der Waals surface area contributed by atoms with Crippen LogP contribution >= 0.6 is 0 Å². The van der Waals surface area contributed by atoms with Crippen LogP contribution in [0.2, 0.25) is 0 Å². The predicted molar refractivity (Wildman–Crippen MR) is 102 cm³/mol. The van der Waals surface area contributed by atoms with Gasteiger partial charge in [0, 0.05) is 23.8 Å². The van der Waals surface area contributed by atoms with E-state index in [-0.39, 0.29) is 24.4 Å². The third-order valence-electron chi connectivity index (χ3n) is 3.61. The molecule has 0 spiro atoms. The Balaban J connectivity index is 1.77. The first-order valence-corrected chi connectivity index (χ1v) is 8.50. The van der Waals surface area contributed by atoms with Crippen molar-refractivity contribution in [3.05, 3.63) is 60.2 Å². The lowest BCUT2D eigenvalue weighted by Crippen LogP contribution is -2.32. The van der Waals surface area contributed by atoms with E-state index in [9.17, 15) is 9.59 Å². The molecule has 0 heterocycles. The number of rotatable bonds is 8. The predicted octanol–water partition coefficient (Wildman–Crippen LogP) is 3.19. The van der Waals surface area contributed by atoms with Crippen molar-refractivity contribution < 1.29 is 9.59 Å². The molecular formula is C20H25N3O2. The number of carbonyl (C=O) groups is 2. The molecule has 0 aliphatic carbocycles. The molecule has 2 aromatic carbocycles. The molecule has 132 valence electrons. The molecule has 0 unspecified atom stereocenters. The maximum atomic E-state index is 12.0. The van der Waals surface area contributed by atoms with Gasteiger partial charge in [0.2, 0.25) is 11.8 Å². The minimum Gasteiger partial charge on any atom is -0.326 e. The Morgan fingerprint density at radius 2 is 1.40 bits per heavy atom. The van der Waals surface area contributed by atoms with E-state index >= 15 is 0 Å². The van der Waals surface area contributed by atoms with Gasteiger partial charge in [-0.15, -0.1) is 0 Å². The van der Waals surface area contributed by atoms with Crippen LogP contribution in [0, 0.1) is 0 Å². The van der Waals surface area contributed by atoms with Crippen LogP contribution in [0.3, 0.4) is 0 Å². The summed E-state index contributed by atoms with van der Waals surface area (Å²) in [6.45, 7) is 4.25. The minimum absolute atomic E-state index is 0.0261. The van der Waals surface area contributed by atoms with Gasteiger partial charge in [0.15, 0.2) is 0 Å². The van der Waals surface area contributed by atoms with Crippen LogP contribution in [-0.4, -0.2) is 24.4 Å². The van der Waals surface area contributed by atoms with Gasteiger partial charge in [0.25, 0.3) is 0 Å². The Hall–Kier alpha value is -2.66. The monoisotopic (exact) mass is 339 g/mol. The highest BCUT2D eigenvalue weighted by Crippen LogP contribution is 2.14. The Morgan fingerprint density at radius 3 is 1.96 bits per heavy atom. The number of aryl methyl sites for hydroxylation is 1. The summed E-state index contributed by atoms with van der Waals surface area (Å²) in [6, 6.07) is 17.3. The van der Waals surface area contributed by atoms with E-state index in [1.54, 1.807) is 24.3 Å². The van der Waals surface area contributed by atoms with Gasteiger partial charge in [-0.1, -0.05) is 44.2 Å².